The molecule has 1 aliphatic rings. The molecule has 0 radical (unpaired) electrons. The predicted octanol–water partition coefficient (Wildman–Crippen LogP) is 0.477. The first kappa shape index (κ1) is 17.7. The lowest BCUT2D eigenvalue weighted by Gasteiger charge is -2.34. The van der Waals surface area contributed by atoms with Crippen molar-refractivity contribution in [2.75, 3.05) is 33.4 Å². The second-order valence-electron chi connectivity index (χ2n) is 5.23. The monoisotopic (exact) mass is 301 g/mol. The highest BCUT2D eigenvalue weighted by Crippen LogP contribution is 2.12. The largest absolute Gasteiger partial charge is 0.450 e. The van der Waals surface area contributed by atoms with Crippen molar-refractivity contribution < 1.29 is 19.1 Å². The normalized spacial score (nSPS) is 20.0. The number of alkyl carbamates (subject to hydrolysis) is 1. The molecule has 2 amide bonds. The minimum absolute atomic E-state index is 0.0542. The molecule has 7 heteroatoms. The lowest BCUT2D eigenvalue weighted by molar-refractivity contribution is -0.134. The highest BCUT2D eigenvalue weighted by Gasteiger charge is 2.27. The first-order valence-electron chi connectivity index (χ1n) is 7.55. The van der Waals surface area contributed by atoms with Gasteiger partial charge in [0.2, 0.25) is 5.91 Å². The van der Waals surface area contributed by atoms with E-state index < -0.39 is 12.1 Å². The molecular weight excluding hydrogens is 274 g/mol. The maximum Gasteiger partial charge on any atom is 0.407 e. The van der Waals surface area contributed by atoms with Crippen LogP contribution in [-0.4, -0.2) is 62.4 Å². The standard InChI is InChI=1S/C14H27N3O4/c1-3-21-14(19)16-11-6-4-8-17(10-11)13(18)12(15)7-5-9-20-2/h11-12H,3-10,15H2,1-2H3,(H,16,19). The van der Waals surface area contributed by atoms with Gasteiger partial charge in [0, 0.05) is 32.8 Å². The fraction of sp³-hybridized carbons (Fsp3) is 0.857. The van der Waals surface area contributed by atoms with Gasteiger partial charge in [-0.05, 0) is 32.6 Å². The van der Waals surface area contributed by atoms with Gasteiger partial charge in [-0.1, -0.05) is 0 Å². The van der Waals surface area contributed by atoms with E-state index in [0.717, 1.165) is 19.3 Å². The van der Waals surface area contributed by atoms with Gasteiger partial charge in [-0.15, -0.1) is 0 Å². The first-order valence-corrected chi connectivity index (χ1v) is 7.55. The maximum absolute atomic E-state index is 12.3. The molecule has 0 aromatic rings. The molecule has 1 heterocycles. The Balaban J connectivity index is 2.40. The first-order chi connectivity index (χ1) is 10.1. The van der Waals surface area contributed by atoms with Crippen LogP contribution in [0.1, 0.15) is 32.6 Å². The van der Waals surface area contributed by atoms with Gasteiger partial charge in [0.1, 0.15) is 0 Å². The fourth-order valence-corrected chi connectivity index (χ4v) is 2.44. The van der Waals surface area contributed by atoms with Crippen molar-refractivity contribution in [3.63, 3.8) is 0 Å². The van der Waals surface area contributed by atoms with Gasteiger partial charge in [-0.2, -0.15) is 0 Å². The van der Waals surface area contributed by atoms with E-state index >= 15 is 0 Å². The number of methoxy groups -OCH3 is 1. The van der Waals surface area contributed by atoms with Crippen molar-refractivity contribution in [3.05, 3.63) is 0 Å². The van der Waals surface area contributed by atoms with Crippen molar-refractivity contribution in [2.45, 2.75) is 44.7 Å². The molecule has 0 bridgehead atoms. The summed E-state index contributed by atoms with van der Waals surface area (Å²) in [6, 6.07) is -0.561. The van der Waals surface area contributed by atoms with Crippen LogP contribution < -0.4 is 11.1 Å². The van der Waals surface area contributed by atoms with Crippen LogP contribution in [-0.2, 0) is 14.3 Å². The molecule has 2 unspecified atom stereocenters. The predicted molar refractivity (Wildman–Crippen MR) is 78.8 cm³/mol. The Kier molecular flexibility index (Phi) is 8.07. The van der Waals surface area contributed by atoms with Crippen molar-refractivity contribution in [1.29, 1.82) is 0 Å². The van der Waals surface area contributed by atoms with Crippen LogP contribution in [0.2, 0.25) is 0 Å². The summed E-state index contributed by atoms with van der Waals surface area (Å²) in [5, 5.41) is 2.78. The van der Waals surface area contributed by atoms with E-state index in [1.165, 1.54) is 0 Å². The molecule has 122 valence electrons. The summed E-state index contributed by atoms with van der Waals surface area (Å²) in [6.07, 6.45) is 2.65. The van der Waals surface area contributed by atoms with Gasteiger partial charge in [0.25, 0.3) is 0 Å². The summed E-state index contributed by atoms with van der Waals surface area (Å²) in [5.74, 6) is -0.0542. The van der Waals surface area contributed by atoms with Gasteiger partial charge in [0.05, 0.1) is 12.6 Å². The number of piperidine rings is 1. The average molecular weight is 301 g/mol. The number of rotatable bonds is 7. The average Bonchev–Trinajstić information content (AvgIpc) is 2.47. The quantitative estimate of drug-likeness (QED) is 0.667. The molecule has 0 aromatic carbocycles. The third-order valence-electron chi connectivity index (χ3n) is 3.51. The summed E-state index contributed by atoms with van der Waals surface area (Å²) < 4.78 is 9.82. The molecule has 2 atom stereocenters. The van der Waals surface area contributed by atoms with Crippen molar-refractivity contribution in [2.24, 2.45) is 5.73 Å². The van der Waals surface area contributed by atoms with Gasteiger partial charge >= 0.3 is 6.09 Å². The van der Waals surface area contributed by atoms with E-state index in [1.807, 2.05) is 0 Å². The second kappa shape index (κ2) is 9.57. The molecule has 7 nitrogen and oxygen atoms in total. The van der Waals surface area contributed by atoms with Crippen LogP contribution in [0.3, 0.4) is 0 Å². The number of ether oxygens (including phenoxy) is 2. The number of nitrogens with two attached hydrogens (primary N) is 1. The molecule has 1 fully saturated rings. The van der Waals surface area contributed by atoms with E-state index in [0.29, 0.717) is 32.7 Å². The number of hydrogen-bond donors (Lipinski definition) is 2. The number of nitrogens with one attached hydrogen (secondary N) is 1. The number of carbonyl (C=O) groups excluding carboxylic acids is 2. The highest BCUT2D eigenvalue weighted by molar-refractivity contribution is 5.81. The molecule has 1 aliphatic heterocycles. The van der Waals surface area contributed by atoms with Gasteiger partial charge < -0.3 is 25.4 Å². The van der Waals surface area contributed by atoms with Crippen molar-refractivity contribution in [1.82, 2.24) is 10.2 Å². The summed E-state index contributed by atoms with van der Waals surface area (Å²) in [6.45, 7) is 3.89. The van der Waals surface area contributed by atoms with Gasteiger partial charge in [-0.25, -0.2) is 4.79 Å². The Morgan fingerprint density at radius 3 is 2.90 bits per heavy atom. The van der Waals surface area contributed by atoms with Crippen LogP contribution in [0.25, 0.3) is 0 Å². The molecule has 1 rings (SSSR count). The van der Waals surface area contributed by atoms with Crippen LogP contribution in [0.5, 0.6) is 0 Å². The van der Waals surface area contributed by atoms with Gasteiger partial charge in [-0.3, -0.25) is 4.79 Å². The molecule has 0 aromatic heterocycles. The van der Waals surface area contributed by atoms with Crippen LogP contribution in [0.15, 0.2) is 0 Å². The Morgan fingerprint density at radius 1 is 1.48 bits per heavy atom. The summed E-state index contributed by atoms with van der Waals surface area (Å²) in [4.78, 5) is 25.4. The van der Waals surface area contributed by atoms with Crippen LogP contribution in [0, 0.1) is 0 Å². The van der Waals surface area contributed by atoms with E-state index in [4.69, 9.17) is 15.2 Å². The molecular formula is C14H27N3O4. The molecule has 21 heavy (non-hydrogen) atoms. The van der Waals surface area contributed by atoms with Gasteiger partial charge in [0.15, 0.2) is 0 Å². The Morgan fingerprint density at radius 2 is 2.24 bits per heavy atom. The lowest BCUT2D eigenvalue weighted by Crippen LogP contribution is -2.53. The van der Waals surface area contributed by atoms with Crippen LogP contribution >= 0.6 is 0 Å². The topological polar surface area (TPSA) is 93.9 Å². The Labute approximate surface area is 126 Å². The second-order valence-corrected chi connectivity index (χ2v) is 5.23. The Hall–Kier alpha value is -1.34. The number of likely N-dealkylation sites (tertiary alicyclic amines) is 1. The smallest absolute Gasteiger partial charge is 0.407 e. The van der Waals surface area contributed by atoms with Crippen molar-refractivity contribution in [3.8, 4) is 0 Å². The van der Waals surface area contributed by atoms with Crippen LogP contribution in [0.4, 0.5) is 4.79 Å². The van der Waals surface area contributed by atoms with E-state index in [1.54, 1.807) is 18.9 Å². The Bertz CT molecular complexity index is 338. The lowest BCUT2D eigenvalue weighted by atomic mass is 10.0. The highest BCUT2D eigenvalue weighted by atomic mass is 16.5. The molecule has 0 aliphatic carbocycles. The van der Waals surface area contributed by atoms with Crippen molar-refractivity contribution >= 4 is 12.0 Å². The molecule has 3 N–H and O–H groups in total. The zero-order valence-corrected chi connectivity index (χ0v) is 13.0. The van der Waals surface area contributed by atoms with E-state index in [-0.39, 0.29) is 11.9 Å². The SMILES string of the molecule is CCOC(=O)NC1CCCN(C(=O)C(N)CCCOC)C1. The molecule has 1 saturated heterocycles. The fourth-order valence-electron chi connectivity index (χ4n) is 2.44. The minimum atomic E-state index is -0.499. The summed E-state index contributed by atoms with van der Waals surface area (Å²) >= 11 is 0. The third kappa shape index (κ3) is 6.31. The van der Waals surface area contributed by atoms with E-state index in [9.17, 15) is 9.59 Å². The third-order valence-corrected chi connectivity index (χ3v) is 3.51. The van der Waals surface area contributed by atoms with E-state index in [2.05, 4.69) is 5.32 Å². The molecule has 0 saturated carbocycles. The minimum Gasteiger partial charge on any atom is -0.450 e. The number of hydrogen-bond acceptors (Lipinski definition) is 5. The zero-order valence-electron chi connectivity index (χ0n) is 13.0. The number of carbonyl (C=O) groups is 2. The molecule has 0 spiro atoms. The summed E-state index contributed by atoms with van der Waals surface area (Å²) in [7, 11) is 1.63. The number of nitrogens with zero attached hydrogens (tertiary/aromatic N) is 1. The number of amides is 2. The summed E-state index contributed by atoms with van der Waals surface area (Å²) in [5.41, 5.74) is 5.92. The maximum atomic E-state index is 12.3. The zero-order chi connectivity index (χ0) is 15.7.